The second kappa shape index (κ2) is 6.40. The van der Waals surface area contributed by atoms with Crippen LogP contribution >= 0.6 is 0 Å². The van der Waals surface area contributed by atoms with E-state index in [1.54, 1.807) is 7.05 Å². The number of rotatable bonds is 5. The van der Waals surface area contributed by atoms with Crippen LogP contribution in [0.15, 0.2) is 18.0 Å². The van der Waals surface area contributed by atoms with Crippen molar-refractivity contribution in [2.75, 3.05) is 14.1 Å². The molecule has 0 aliphatic carbocycles. The van der Waals surface area contributed by atoms with Crippen LogP contribution in [0, 0.1) is 0 Å². The van der Waals surface area contributed by atoms with Gasteiger partial charge in [-0.3, -0.25) is 0 Å². The van der Waals surface area contributed by atoms with Gasteiger partial charge >= 0.3 is 91.5 Å². The SMILES string of the molecule is CNCc1cbccc1CBC(=O)NC. The monoisotopic (exact) mass is 202 g/mol. The summed E-state index contributed by atoms with van der Waals surface area (Å²) in [6.45, 7) is 2.87. The normalized spacial score (nSPS) is 9.47. The molecule has 15 heavy (non-hydrogen) atoms. The summed E-state index contributed by atoms with van der Waals surface area (Å²) in [7, 11) is 4.15. The van der Waals surface area contributed by atoms with Crippen molar-refractivity contribution in [3.8, 4) is 0 Å². The molecule has 1 aromatic rings. The minimum atomic E-state index is 0.0919. The minimum absolute atomic E-state index is 0.0919. The fraction of sp³-hybridized carbons (Fsp3) is 0.400. The maximum atomic E-state index is 11.1. The molecule has 0 atom stereocenters. The number of hydrogen-bond donors (Lipinski definition) is 2. The van der Waals surface area contributed by atoms with Gasteiger partial charge in [-0.05, 0) is 0 Å². The zero-order valence-electron chi connectivity index (χ0n) is 9.34. The van der Waals surface area contributed by atoms with Crippen molar-refractivity contribution < 1.29 is 4.79 Å². The molecule has 1 aromatic heterocycles. The van der Waals surface area contributed by atoms with E-state index in [0.29, 0.717) is 7.28 Å². The van der Waals surface area contributed by atoms with Crippen molar-refractivity contribution in [3.63, 3.8) is 0 Å². The van der Waals surface area contributed by atoms with Crippen LogP contribution in [0.1, 0.15) is 11.1 Å². The van der Waals surface area contributed by atoms with Gasteiger partial charge in [-0.15, -0.1) is 0 Å². The summed E-state index contributed by atoms with van der Waals surface area (Å²) in [6, 6.07) is 2.08. The molecule has 0 saturated heterocycles. The van der Waals surface area contributed by atoms with Gasteiger partial charge in [0.05, 0.1) is 0 Å². The summed E-state index contributed by atoms with van der Waals surface area (Å²) in [6.07, 6.45) is 0.803. The van der Waals surface area contributed by atoms with Crippen LogP contribution in [-0.2, 0) is 12.9 Å². The van der Waals surface area contributed by atoms with E-state index in [2.05, 4.69) is 22.7 Å². The van der Waals surface area contributed by atoms with Gasteiger partial charge < -0.3 is 0 Å². The first-order valence-corrected chi connectivity index (χ1v) is 5.20. The van der Waals surface area contributed by atoms with E-state index >= 15 is 0 Å². The summed E-state index contributed by atoms with van der Waals surface area (Å²) >= 11 is 0. The average Bonchev–Trinajstić information content (AvgIpc) is 2.28. The first-order valence-electron chi connectivity index (χ1n) is 5.20. The third kappa shape index (κ3) is 3.88. The van der Waals surface area contributed by atoms with Crippen LogP contribution in [0.2, 0.25) is 0 Å². The second-order valence-corrected chi connectivity index (χ2v) is 3.47. The van der Waals surface area contributed by atoms with Crippen LogP contribution in [0.3, 0.4) is 0 Å². The van der Waals surface area contributed by atoms with E-state index < -0.39 is 0 Å². The molecule has 1 rings (SSSR count). The van der Waals surface area contributed by atoms with Crippen LogP contribution < -0.4 is 10.6 Å². The Labute approximate surface area is 92.1 Å². The van der Waals surface area contributed by atoms with Crippen molar-refractivity contribution in [1.29, 1.82) is 0 Å². The number of nitrogens with one attached hydrogen (secondary N) is 2. The Bertz CT molecular complexity index is 331. The third-order valence-electron chi connectivity index (χ3n) is 2.39. The van der Waals surface area contributed by atoms with Gasteiger partial charge in [0.1, 0.15) is 0 Å². The summed E-state index contributed by atoms with van der Waals surface area (Å²) < 4.78 is 0. The summed E-state index contributed by atoms with van der Waals surface area (Å²) in [5.41, 5.74) is 2.51. The fourth-order valence-electron chi connectivity index (χ4n) is 1.54. The number of carbonyl (C=O) groups excluding carboxylic acids is 1. The standard InChI is InChI=1S/C10H16B2N2O/c1-13-7-9-5-11-4-3-8(9)6-12-10(15)14-2/h3-5,12-13H,6-7H2,1-2H3,(H,14,15). The molecule has 3 nitrogen and oxygen atoms in total. The zero-order valence-corrected chi connectivity index (χ0v) is 9.34. The van der Waals surface area contributed by atoms with Crippen LogP contribution in [0.5, 0.6) is 0 Å². The van der Waals surface area contributed by atoms with Crippen molar-refractivity contribution >= 4 is 20.0 Å². The Kier molecular flexibility index (Phi) is 5.12. The Hall–Kier alpha value is -1.09. The van der Waals surface area contributed by atoms with Crippen LogP contribution in [-0.4, -0.2) is 34.1 Å². The molecule has 0 fully saturated rings. The van der Waals surface area contributed by atoms with Gasteiger partial charge in [-0.25, -0.2) is 0 Å². The van der Waals surface area contributed by atoms with Crippen molar-refractivity contribution in [2.45, 2.75) is 12.9 Å². The molecule has 0 bridgehead atoms. The topological polar surface area (TPSA) is 41.1 Å². The number of carbonyl (C=O) groups is 1. The van der Waals surface area contributed by atoms with Gasteiger partial charge in [-0.2, -0.15) is 0 Å². The number of hydrogen-bond acceptors (Lipinski definition) is 2. The van der Waals surface area contributed by atoms with Crippen molar-refractivity contribution in [2.24, 2.45) is 0 Å². The van der Waals surface area contributed by atoms with Crippen molar-refractivity contribution in [1.82, 2.24) is 10.6 Å². The van der Waals surface area contributed by atoms with E-state index in [9.17, 15) is 4.79 Å². The molecule has 0 saturated carbocycles. The molecule has 5 heteroatoms. The maximum absolute atomic E-state index is 11.1. The first-order chi connectivity index (χ1) is 7.27. The van der Waals surface area contributed by atoms with Gasteiger partial charge in [0.15, 0.2) is 0 Å². The van der Waals surface area contributed by atoms with Gasteiger partial charge in [-0.1, -0.05) is 0 Å². The molecule has 0 spiro atoms. The Balaban J connectivity index is 2.62. The molecule has 78 valence electrons. The Morgan fingerprint density at radius 1 is 1.47 bits per heavy atom. The third-order valence-corrected chi connectivity index (χ3v) is 2.39. The molecule has 0 aromatic carbocycles. The Morgan fingerprint density at radius 2 is 2.27 bits per heavy atom. The quantitative estimate of drug-likeness (QED) is 0.660. The molecule has 0 radical (unpaired) electrons. The number of amides is 1. The van der Waals surface area contributed by atoms with Crippen LogP contribution in [0.25, 0.3) is 0 Å². The first kappa shape index (κ1) is 12.0. The summed E-state index contributed by atoms with van der Waals surface area (Å²) in [4.78, 5) is 11.1. The predicted molar refractivity (Wildman–Crippen MR) is 65.9 cm³/mol. The average molecular weight is 202 g/mol. The molecule has 0 unspecified atom stereocenters. The molecular weight excluding hydrogens is 186 g/mol. The van der Waals surface area contributed by atoms with E-state index in [4.69, 9.17) is 0 Å². The summed E-state index contributed by atoms with van der Waals surface area (Å²) in [5, 5.41) is 5.76. The zero-order chi connectivity index (χ0) is 11.1. The molecule has 0 aliphatic rings. The molecule has 1 heterocycles. The molecule has 1 amide bonds. The van der Waals surface area contributed by atoms with E-state index in [1.165, 1.54) is 11.1 Å². The molecular formula is C10H16B2N2O. The Morgan fingerprint density at radius 3 is 2.93 bits per heavy atom. The molecule has 2 N–H and O–H groups in total. The molecule has 0 aliphatic heterocycles. The van der Waals surface area contributed by atoms with Gasteiger partial charge in [0, 0.05) is 0 Å². The van der Waals surface area contributed by atoms with Crippen LogP contribution in [0.4, 0.5) is 4.79 Å². The van der Waals surface area contributed by atoms with E-state index in [1.807, 2.05) is 19.9 Å². The van der Waals surface area contributed by atoms with Gasteiger partial charge in [0.25, 0.3) is 0 Å². The van der Waals surface area contributed by atoms with Crippen molar-refractivity contribution in [3.05, 3.63) is 29.1 Å². The fourth-order valence-corrected chi connectivity index (χ4v) is 1.54. The van der Waals surface area contributed by atoms with E-state index in [-0.39, 0.29) is 5.81 Å². The predicted octanol–water partition coefficient (Wildman–Crippen LogP) is 0.0200. The van der Waals surface area contributed by atoms with Gasteiger partial charge in [0.2, 0.25) is 0 Å². The second-order valence-electron chi connectivity index (χ2n) is 3.47. The summed E-state index contributed by atoms with van der Waals surface area (Å²) in [5.74, 6) is 4.20. The van der Waals surface area contributed by atoms with E-state index in [0.717, 1.165) is 12.9 Å².